The molecule has 4 amide bonds. The first-order valence-electron chi connectivity index (χ1n) is 8.27. The lowest BCUT2D eigenvalue weighted by Gasteiger charge is -2.34. The first-order valence-corrected chi connectivity index (χ1v) is 8.27. The lowest BCUT2D eigenvalue weighted by Crippen LogP contribution is -2.52. The fraction of sp³-hybridized carbons (Fsp3) is 0.438. The number of imide groups is 1. The number of carboxylic acid groups (broad SMARTS) is 1. The van der Waals surface area contributed by atoms with Crippen molar-refractivity contribution in [2.75, 3.05) is 31.1 Å². The van der Waals surface area contributed by atoms with Crippen molar-refractivity contribution in [1.82, 2.24) is 20.5 Å². The van der Waals surface area contributed by atoms with Gasteiger partial charge in [0.25, 0.3) is 5.91 Å². The van der Waals surface area contributed by atoms with Crippen molar-refractivity contribution in [3.8, 4) is 0 Å². The lowest BCUT2D eigenvalue weighted by molar-refractivity contribution is -0.134. The van der Waals surface area contributed by atoms with E-state index in [1.165, 1.54) is 4.90 Å². The van der Waals surface area contributed by atoms with Gasteiger partial charge in [-0.05, 0) is 18.6 Å². The highest BCUT2D eigenvalue weighted by molar-refractivity contribution is 6.03. The molecule has 3 heterocycles. The highest BCUT2D eigenvalue weighted by atomic mass is 16.4. The summed E-state index contributed by atoms with van der Waals surface area (Å²) < 4.78 is 0. The molecule has 0 aromatic carbocycles. The molecule has 2 aliphatic heterocycles. The van der Waals surface area contributed by atoms with Crippen molar-refractivity contribution in [3.63, 3.8) is 0 Å². The summed E-state index contributed by atoms with van der Waals surface area (Å²) in [5.41, 5.74) is 0.968. The third-order valence-electron chi connectivity index (χ3n) is 4.44. The van der Waals surface area contributed by atoms with Gasteiger partial charge in [0.2, 0.25) is 11.8 Å². The van der Waals surface area contributed by atoms with E-state index < -0.39 is 23.9 Å². The SMILES string of the molecule is O=C1CC[C@H](NC(=O)c2ccc(N3CCN(C(=O)O)CC3)cn2)C(=O)N1. The van der Waals surface area contributed by atoms with E-state index in [0.717, 1.165) is 5.69 Å². The molecule has 138 valence electrons. The molecule has 0 aliphatic carbocycles. The van der Waals surface area contributed by atoms with Crippen LogP contribution < -0.4 is 15.5 Å². The van der Waals surface area contributed by atoms with Gasteiger partial charge in [-0.1, -0.05) is 0 Å². The summed E-state index contributed by atoms with van der Waals surface area (Å²) in [7, 11) is 0. The minimum Gasteiger partial charge on any atom is -0.465 e. The Balaban J connectivity index is 1.57. The molecule has 0 bridgehead atoms. The minimum absolute atomic E-state index is 0.169. The summed E-state index contributed by atoms with van der Waals surface area (Å²) >= 11 is 0. The molecule has 0 unspecified atom stereocenters. The fourth-order valence-corrected chi connectivity index (χ4v) is 2.93. The van der Waals surface area contributed by atoms with Crippen LogP contribution in [-0.4, -0.2) is 71.0 Å². The van der Waals surface area contributed by atoms with Crippen molar-refractivity contribution in [2.24, 2.45) is 0 Å². The Kier molecular flexibility index (Phi) is 5.01. The van der Waals surface area contributed by atoms with Gasteiger partial charge in [0.05, 0.1) is 11.9 Å². The molecule has 1 aromatic heterocycles. The Bertz CT molecular complexity index is 727. The van der Waals surface area contributed by atoms with Gasteiger partial charge in [-0.3, -0.25) is 19.7 Å². The third kappa shape index (κ3) is 3.90. The lowest BCUT2D eigenvalue weighted by atomic mass is 10.1. The maximum absolute atomic E-state index is 12.2. The Morgan fingerprint density at radius 3 is 2.50 bits per heavy atom. The van der Waals surface area contributed by atoms with Gasteiger partial charge in [-0.2, -0.15) is 0 Å². The molecule has 10 nitrogen and oxygen atoms in total. The molecule has 2 aliphatic rings. The number of nitrogens with zero attached hydrogens (tertiary/aromatic N) is 3. The predicted molar refractivity (Wildman–Crippen MR) is 89.7 cm³/mol. The molecule has 2 fully saturated rings. The number of pyridine rings is 1. The summed E-state index contributed by atoms with van der Waals surface area (Å²) in [5, 5.41) is 13.7. The molecular formula is C16H19N5O5. The predicted octanol–water partition coefficient (Wildman–Crippen LogP) is -0.583. The maximum Gasteiger partial charge on any atom is 0.407 e. The number of carbonyl (C=O) groups is 4. The van der Waals surface area contributed by atoms with Crippen LogP contribution in [0.25, 0.3) is 0 Å². The van der Waals surface area contributed by atoms with Crippen LogP contribution in [0.4, 0.5) is 10.5 Å². The summed E-state index contributed by atoms with van der Waals surface area (Å²) in [4.78, 5) is 53.4. The first kappa shape index (κ1) is 17.6. The van der Waals surface area contributed by atoms with Gasteiger partial charge in [-0.15, -0.1) is 0 Å². The normalized spacial score (nSPS) is 20.5. The molecule has 26 heavy (non-hydrogen) atoms. The maximum atomic E-state index is 12.2. The fourth-order valence-electron chi connectivity index (χ4n) is 2.93. The van der Waals surface area contributed by atoms with Crippen LogP contribution in [0, 0.1) is 0 Å². The molecule has 0 spiro atoms. The van der Waals surface area contributed by atoms with E-state index in [4.69, 9.17) is 5.11 Å². The number of piperidine rings is 1. The van der Waals surface area contributed by atoms with Crippen molar-refractivity contribution in [1.29, 1.82) is 0 Å². The van der Waals surface area contributed by atoms with E-state index >= 15 is 0 Å². The second-order valence-corrected chi connectivity index (χ2v) is 6.14. The molecule has 1 atom stereocenters. The summed E-state index contributed by atoms with van der Waals surface area (Å²) in [6.07, 6.45) is 1.08. The van der Waals surface area contributed by atoms with E-state index in [-0.39, 0.29) is 24.4 Å². The van der Waals surface area contributed by atoms with E-state index in [2.05, 4.69) is 15.6 Å². The zero-order valence-electron chi connectivity index (χ0n) is 14.0. The van der Waals surface area contributed by atoms with Gasteiger partial charge in [0.15, 0.2) is 0 Å². The monoisotopic (exact) mass is 361 g/mol. The van der Waals surface area contributed by atoms with E-state index in [0.29, 0.717) is 26.2 Å². The number of hydrogen-bond acceptors (Lipinski definition) is 6. The van der Waals surface area contributed by atoms with Crippen LogP contribution >= 0.6 is 0 Å². The number of rotatable bonds is 3. The summed E-state index contributed by atoms with van der Waals surface area (Å²) in [5.74, 6) is -1.34. The molecule has 0 saturated carbocycles. The number of piperazine rings is 1. The summed E-state index contributed by atoms with van der Waals surface area (Å²) in [6, 6.07) is 2.55. The van der Waals surface area contributed by atoms with Gasteiger partial charge < -0.3 is 20.2 Å². The molecule has 3 rings (SSSR count). The second-order valence-electron chi connectivity index (χ2n) is 6.14. The number of aromatic nitrogens is 1. The smallest absolute Gasteiger partial charge is 0.407 e. The zero-order valence-corrected chi connectivity index (χ0v) is 14.0. The van der Waals surface area contributed by atoms with Crippen molar-refractivity contribution in [3.05, 3.63) is 24.0 Å². The second kappa shape index (κ2) is 7.38. The van der Waals surface area contributed by atoms with Crippen LogP contribution in [-0.2, 0) is 9.59 Å². The Morgan fingerprint density at radius 1 is 1.19 bits per heavy atom. The van der Waals surface area contributed by atoms with Crippen LogP contribution in [0.5, 0.6) is 0 Å². The highest BCUT2D eigenvalue weighted by Crippen LogP contribution is 2.16. The zero-order chi connectivity index (χ0) is 18.7. The Hall–Kier alpha value is -3.17. The van der Waals surface area contributed by atoms with Crippen LogP contribution in [0.15, 0.2) is 18.3 Å². The number of carbonyl (C=O) groups excluding carboxylic acids is 3. The highest BCUT2D eigenvalue weighted by Gasteiger charge is 2.28. The van der Waals surface area contributed by atoms with Crippen molar-refractivity contribution in [2.45, 2.75) is 18.9 Å². The standard InChI is InChI=1S/C16H19N5O5/c22-13-4-3-12(15(24)19-13)18-14(23)11-2-1-10(9-17-11)20-5-7-21(8-6-20)16(25)26/h1-2,9,12H,3-8H2,(H,18,23)(H,25,26)(H,19,22,24)/t12-/m0/s1. The van der Waals surface area contributed by atoms with Crippen molar-refractivity contribution >= 4 is 29.5 Å². The number of amides is 4. The van der Waals surface area contributed by atoms with Crippen LogP contribution in [0.3, 0.4) is 0 Å². The molecule has 10 heteroatoms. The number of hydrogen-bond donors (Lipinski definition) is 3. The van der Waals surface area contributed by atoms with Crippen molar-refractivity contribution < 1.29 is 24.3 Å². The minimum atomic E-state index is -0.928. The van der Waals surface area contributed by atoms with Crippen LogP contribution in [0.2, 0.25) is 0 Å². The Labute approximate surface area is 149 Å². The molecule has 2 saturated heterocycles. The Morgan fingerprint density at radius 2 is 1.92 bits per heavy atom. The van der Waals surface area contributed by atoms with E-state index in [9.17, 15) is 19.2 Å². The third-order valence-corrected chi connectivity index (χ3v) is 4.44. The van der Waals surface area contributed by atoms with Gasteiger partial charge in [-0.25, -0.2) is 9.78 Å². The van der Waals surface area contributed by atoms with E-state index in [1.54, 1.807) is 18.3 Å². The average Bonchev–Trinajstić information content (AvgIpc) is 2.64. The molecular weight excluding hydrogens is 342 g/mol. The van der Waals surface area contributed by atoms with Gasteiger partial charge in [0, 0.05) is 32.6 Å². The quantitative estimate of drug-likeness (QED) is 0.614. The van der Waals surface area contributed by atoms with Gasteiger partial charge >= 0.3 is 6.09 Å². The average molecular weight is 361 g/mol. The summed E-state index contributed by atoms with van der Waals surface area (Å²) in [6.45, 7) is 1.92. The molecule has 3 N–H and O–H groups in total. The molecule has 0 radical (unpaired) electrons. The first-order chi connectivity index (χ1) is 12.4. The van der Waals surface area contributed by atoms with Gasteiger partial charge in [0.1, 0.15) is 11.7 Å². The molecule has 1 aromatic rings. The topological polar surface area (TPSA) is 132 Å². The number of anilines is 1. The largest absolute Gasteiger partial charge is 0.465 e. The number of nitrogens with one attached hydrogen (secondary N) is 2. The van der Waals surface area contributed by atoms with E-state index in [1.807, 2.05) is 4.90 Å². The van der Waals surface area contributed by atoms with Crippen LogP contribution in [0.1, 0.15) is 23.3 Å².